The van der Waals surface area contributed by atoms with E-state index < -0.39 is 0 Å². The van der Waals surface area contributed by atoms with Crippen LogP contribution in [0.1, 0.15) is 37.0 Å². The Balaban J connectivity index is 2.74. The van der Waals surface area contributed by atoms with Gasteiger partial charge in [-0.25, -0.2) is 0 Å². The maximum Gasteiger partial charge on any atom is 0.125 e. The monoisotopic (exact) mass is 247 g/mol. The zero-order valence-corrected chi connectivity index (χ0v) is 12.1. The summed E-state index contributed by atoms with van der Waals surface area (Å²) in [6, 6.07) is 4.40. The van der Waals surface area contributed by atoms with Crippen LogP contribution in [0.2, 0.25) is 0 Å². The molecule has 0 spiro atoms. The maximum absolute atomic E-state index is 5.79. The van der Waals surface area contributed by atoms with Gasteiger partial charge in [-0.15, -0.1) is 0 Å². The molecule has 1 N–H and O–H groups in total. The third kappa shape index (κ3) is 4.53. The predicted molar refractivity (Wildman–Crippen MR) is 78.2 cm³/mol. The van der Waals surface area contributed by atoms with Crippen LogP contribution in [0.4, 0.5) is 0 Å². The Morgan fingerprint density at radius 3 is 2.39 bits per heavy atom. The molecule has 2 nitrogen and oxygen atoms in total. The minimum Gasteiger partial charge on any atom is -0.489 e. The highest BCUT2D eigenvalue weighted by Crippen LogP contribution is 2.25. The van der Waals surface area contributed by atoms with Crippen molar-refractivity contribution in [3.63, 3.8) is 0 Å². The van der Waals surface area contributed by atoms with Crippen LogP contribution < -0.4 is 10.1 Å². The van der Waals surface area contributed by atoms with Gasteiger partial charge in [0.05, 0.1) is 0 Å². The molecule has 0 radical (unpaired) electrons. The largest absolute Gasteiger partial charge is 0.489 e. The second-order valence-electron chi connectivity index (χ2n) is 4.98. The van der Waals surface area contributed by atoms with Crippen LogP contribution >= 0.6 is 0 Å². The van der Waals surface area contributed by atoms with Gasteiger partial charge in [0, 0.05) is 6.54 Å². The molecule has 0 saturated carbocycles. The van der Waals surface area contributed by atoms with Gasteiger partial charge in [0.1, 0.15) is 12.4 Å². The van der Waals surface area contributed by atoms with Crippen LogP contribution in [0.15, 0.2) is 24.3 Å². The fourth-order valence-corrected chi connectivity index (χ4v) is 1.97. The molecule has 0 fully saturated rings. The van der Waals surface area contributed by atoms with Crippen molar-refractivity contribution in [2.24, 2.45) is 0 Å². The van der Waals surface area contributed by atoms with Crippen molar-refractivity contribution in [2.45, 2.75) is 40.7 Å². The Labute approximate surface area is 111 Å². The Morgan fingerprint density at radius 1 is 1.28 bits per heavy atom. The summed E-state index contributed by atoms with van der Waals surface area (Å²) in [6.07, 6.45) is 1.16. The van der Waals surface area contributed by atoms with Crippen LogP contribution in [0, 0.1) is 13.8 Å². The predicted octanol–water partition coefficient (Wildman–Crippen LogP) is 3.76. The first-order valence-corrected chi connectivity index (χ1v) is 6.62. The third-order valence-corrected chi connectivity index (χ3v) is 2.74. The van der Waals surface area contributed by atoms with Crippen molar-refractivity contribution in [2.75, 3.05) is 13.2 Å². The number of aryl methyl sites for hydroxylation is 2. The lowest BCUT2D eigenvalue weighted by Gasteiger charge is -2.14. The molecule has 0 aliphatic rings. The smallest absolute Gasteiger partial charge is 0.125 e. The average Bonchev–Trinajstić information content (AvgIpc) is 2.28. The lowest BCUT2D eigenvalue weighted by atomic mass is 10.1. The number of nitrogens with one attached hydrogen (secondary N) is 1. The fourth-order valence-electron chi connectivity index (χ4n) is 1.97. The second kappa shape index (κ2) is 7.22. The van der Waals surface area contributed by atoms with Crippen LogP contribution in [0.25, 0.3) is 0 Å². The Hall–Kier alpha value is -1.28. The average molecular weight is 247 g/mol. The number of hydrogen-bond acceptors (Lipinski definition) is 2. The molecule has 0 aliphatic heterocycles. The summed E-state index contributed by atoms with van der Waals surface area (Å²) in [5.74, 6) is 0.997. The molecule has 0 unspecified atom stereocenters. The number of hydrogen-bond donors (Lipinski definition) is 1. The molecule has 0 bridgehead atoms. The lowest BCUT2D eigenvalue weighted by molar-refractivity contribution is 0.347. The maximum atomic E-state index is 5.79. The molecule has 0 saturated heterocycles. The van der Waals surface area contributed by atoms with E-state index in [0.29, 0.717) is 6.61 Å². The van der Waals surface area contributed by atoms with Crippen LogP contribution in [0.3, 0.4) is 0 Å². The number of benzene rings is 1. The molecular weight excluding hydrogens is 222 g/mol. The van der Waals surface area contributed by atoms with E-state index in [1.165, 1.54) is 16.7 Å². The van der Waals surface area contributed by atoms with Gasteiger partial charge in [-0.2, -0.15) is 0 Å². The summed E-state index contributed by atoms with van der Waals surface area (Å²) in [6.45, 7) is 14.8. The van der Waals surface area contributed by atoms with Gasteiger partial charge in [-0.1, -0.05) is 25.6 Å². The van der Waals surface area contributed by atoms with E-state index in [2.05, 4.69) is 44.8 Å². The minimum atomic E-state index is 0.592. The third-order valence-electron chi connectivity index (χ3n) is 2.74. The second-order valence-corrected chi connectivity index (χ2v) is 4.98. The first kappa shape index (κ1) is 14.8. The van der Waals surface area contributed by atoms with E-state index >= 15 is 0 Å². The van der Waals surface area contributed by atoms with Gasteiger partial charge in [-0.05, 0) is 56.0 Å². The van der Waals surface area contributed by atoms with Crippen LogP contribution in [0.5, 0.6) is 5.75 Å². The van der Waals surface area contributed by atoms with E-state index in [1.807, 2.05) is 6.92 Å². The van der Waals surface area contributed by atoms with E-state index in [4.69, 9.17) is 4.74 Å². The molecule has 0 heterocycles. The zero-order valence-electron chi connectivity index (χ0n) is 12.1. The first-order chi connectivity index (χ1) is 8.54. The van der Waals surface area contributed by atoms with E-state index in [-0.39, 0.29) is 0 Å². The van der Waals surface area contributed by atoms with Gasteiger partial charge in [-0.3, -0.25) is 0 Å². The van der Waals surface area contributed by atoms with E-state index in [1.54, 1.807) is 0 Å². The number of rotatable bonds is 7. The Kier molecular flexibility index (Phi) is 5.93. The molecule has 0 aromatic heterocycles. The molecule has 100 valence electrons. The van der Waals surface area contributed by atoms with Gasteiger partial charge >= 0.3 is 0 Å². The van der Waals surface area contributed by atoms with Crippen molar-refractivity contribution in [1.29, 1.82) is 0 Å². The summed E-state index contributed by atoms with van der Waals surface area (Å²) < 4.78 is 5.79. The van der Waals surface area contributed by atoms with Crippen molar-refractivity contribution >= 4 is 0 Å². The molecule has 1 rings (SSSR count). The number of ether oxygens (including phenoxy) is 1. The summed E-state index contributed by atoms with van der Waals surface area (Å²) in [5.41, 5.74) is 4.76. The van der Waals surface area contributed by atoms with E-state index in [9.17, 15) is 0 Å². The molecule has 0 amide bonds. The highest BCUT2D eigenvalue weighted by Gasteiger charge is 2.06. The molecule has 1 aromatic rings. The lowest BCUT2D eigenvalue weighted by Crippen LogP contribution is -2.14. The highest BCUT2D eigenvalue weighted by molar-refractivity contribution is 5.43. The summed E-state index contributed by atoms with van der Waals surface area (Å²) in [4.78, 5) is 0. The summed E-state index contributed by atoms with van der Waals surface area (Å²) in [7, 11) is 0. The Bertz CT molecular complexity index is 387. The standard InChI is InChI=1S/C16H25NO/c1-6-7-17-10-15-8-13(4)16(14(5)9-15)18-11-12(2)3/h8-9,17H,2,6-7,10-11H2,1,3-5H3. The van der Waals surface area contributed by atoms with E-state index in [0.717, 1.165) is 30.8 Å². The minimum absolute atomic E-state index is 0.592. The molecular formula is C16H25NO. The molecule has 18 heavy (non-hydrogen) atoms. The van der Waals surface area contributed by atoms with Crippen molar-refractivity contribution in [1.82, 2.24) is 5.32 Å². The summed E-state index contributed by atoms with van der Waals surface area (Å²) >= 11 is 0. The van der Waals surface area contributed by atoms with Crippen molar-refractivity contribution < 1.29 is 4.74 Å². The zero-order chi connectivity index (χ0) is 13.5. The highest BCUT2D eigenvalue weighted by atomic mass is 16.5. The van der Waals surface area contributed by atoms with Gasteiger partial charge in [0.15, 0.2) is 0 Å². The molecule has 0 aliphatic carbocycles. The Morgan fingerprint density at radius 2 is 1.89 bits per heavy atom. The molecule has 0 atom stereocenters. The SMILES string of the molecule is C=C(C)COc1c(C)cc(CNCCC)cc1C. The van der Waals surface area contributed by atoms with Gasteiger partial charge in [0.25, 0.3) is 0 Å². The van der Waals surface area contributed by atoms with Crippen LogP contribution in [-0.4, -0.2) is 13.2 Å². The fraction of sp³-hybridized carbons (Fsp3) is 0.500. The quantitative estimate of drug-likeness (QED) is 0.585. The summed E-state index contributed by atoms with van der Waals surface area (Å²) in [5, 5.41) is 3.42. The molecule has 1 aromatic carbocycles. The normalized spacial score (nSPS) is 10.4. The van der Waals surface area contributed by atoms with Crippen molar-refractivity contribution in [3.8, 4) is 5.75 Å². The van der Waals surface area contributed by atoms with Gasteiger partial charge in [0.2, 0.25) is 0 Å². The topological polar surface area (TPSA) is 21.3 Å². The van der Waals surface area contributed by atoms with Crippen LogP contribution in [-0.2, 0) is 6.54 Å². The van der Waals surface area contributed by atoms with Crippen molar-refractivity contribution in [3.05, 3.63) is 41.0 Å². The first-order valence-electron chi connectivity index (χ1n) is 6.62. The molecule has 2 heteroatoms. The van der Waals surface area contributed by atoms with Gasteiger partial charge < -0.3 is 10.1 Å².